The minimum Gasteiger partial charge on any atom is -0.493 e. The Labute approximate surface area is 142 Å². The van der Waals surface area contributed by atoms with Crippen LogP contribution in [-0.2, 0) is 4.79 Å². The fourth-order valence-corrected chi connectivity index (χ4v) is 3.09. The maximum atomic E-state index is 12.6. The SMILES string of the molecule is Cc1ccc(OCCC(=O)N2CCCC[C@@H]2c2ncn[nH]2)cc1C. The molecule has 1 N–H and O–H groups in total. The number of rotatable bonds is 5. The van der Waals surface area contributed by atoms with Gasteiger partial charge in [0.1, 0.15) is 17.9 Å². The molecule has 1 amide bonds. The fourth-order valence-electron chi connectivity index (χ4n) is 3.09. The number of nitrogens with one attached hydrogen (secondary N) is 1. The van der Waals surface area contributed by atoms with Gasteiger partial charge in [-0.25, -0.2) is 4.98 Å². The molecule has 2 heterocycles. The van der Waals surface area contributed by atoms with E-state index in [-0.39, 0.29) is 11.9 Å². The molecule has 0 aliphatic carbocycles. The quantitative estimate of drug-likeness (QED) is 0.916. The first-order valence-electron chi connectivity index (χ1n) is 8.50. The lowest BCUT2D eigenvalue weighted by molar-refractivity contribution is -0.135. The normalized spacial score (nSPS) is 17.8. The van der Waals surface area contributed by atoms with Gasteiger partial charge >= 0.3 is 0 Å². The highest BCUT2D eigenvalue weighted by Gasteiger charge is 2.29. The van der Waals surface area contributed by atoms with Crippen LogP contribution in [0, 0.1) is 13.8 Å². The number of carbonyl (C=O) groups is 1. The maximum Gasteiger partial charge on any atom is 0.226 e. The van der Waals surface area contributed by atoms with Crippen LogP contribution in [0.4, 0.5) is 0 Å². The zero-order valence-electron chi connectivity index (χ0n) is 14.3. The van der Waals surface area contributed by atoms with Crippen LogP contribution in [0.25, 0.3) is 0 Å². The van der Waals surface area contributed by atoms with E-state index in [2.05, 4.69) is 29.0 Å². The summed E-state index contributed by atoms with van der Waals surface area (Å²) in [5.74, 6) is 1.70. The summed E-state index contributed by atoms with van der Waals surface area (Å²) in [7, 11) is 0. The van der Waals surface area contributed by atoms with Crippen molar-refractivity contribution in [2.45, 2.75) is 45.6 Å². The van der Waals surface area contributed by atoms with E-state index in [0.717, 1.165) is 37.4 Å². The summed E-state index contributed by atoms with van der Waals surface area (Å²) in [6.45, 7) is 5.29. The molecule has 1 aromatic heterocycles. The van der Waals surface area contributed by atoms with Crippen molar-refractivity contribution in [1.82, 2.24) is 20.1 Å². The van der Waals surface area contributed by atoms with Gasteiger partial charge in [-0.2, -0.15) is 5.10 Å². The van der Waals surface area contributed by atoms with Gasteiger partial charge in [-0.3, -0.25) is 9.89 Å². The molecule has 3 rings (SSSR count). The standard InChI is InChI=1S/C18H24N4O2/c1-13-6-7-15(11-14(13)2)24-10-8-17(23)22-9-4-3-5-16(22)18-19-12-20-21-18/h6-7,11-12,16H,3-5,8-10H2,1-2H3,(H,19,20,21)/t16-/m1/s1. The number of aromatic amines is 1. The molecule has 0 radical (unpaired) electrons. The van der Waals surface area contributed by atoms with Crippen molar-refractivity contribution in [2.75, 3.05) is 13.2 Å². The third kappa shape index (κ3) is 3.75. The molecule has 128 valence electrons. The molecule has 6 nitrogen and oxygen atoms in total. The Kier molecular flexibility index (Phi) is 5.13. The van der Waals surface area contributed by atoms with Gasteiger partial charge in [0.2, 0.25) is 5.91 Å². The summed E-state index contributed by atoms with van der Waals surface area (Å²) in [6, 6.07) is 6.01. The monoisotopic (exact) mass is 328 g/mol. The second kappa shape index (κ2) is 7.47. The lowest BCUT2D eigenvalue weighted by atomic mass is 10.0. The van der Waals surface area contributed by atoms with Crippen LogP contribution < -0.4 is 4.74 Å². The first kappa shape index (κ1) is 16.5. The number of H-pyrrole nitrogens is 1. The number of aryl methyl sites for hydroxylation is 2. The summed E-state index contributed by atoms with van der Waals surface area (Å²) >= 11 is 0. The van der Waals surface area contributed by atoms with E-state index < -0.39 is 0 Å². The molecule has 1 aliphatic rings. The number of likely N-dealkylation sites (tertiary alicyclic amines) is 1. The predicted octanol–water partition coefficient (Wildman–Crippen LogP) is 2.94. The summed E-state index contributed by atoms with van der Waals surface area (Å²) in [5.41, 5.74) is 2.43. The van der Waals surface area contributed by atoms with Crippen LogP contribution >= 0.6 is 0 Å². The van der Waals surface area contributed by atoms with Gasteiger partial charge in [0.05, 0.1) is 19.1 Å². The van der Waals surface area contributed by atoms with Crippen LogP contribution in [-0.4, -0.2) is 39.1 Å². The van der Waals surface area contributed by atoms with E-state index in [1.54, 1.807) is 0 Å². The second-order valence-electron chi connectivity index (χ2n) is 6.31. The number of amides is 1. The van der Waals surface area contributed by atoms with Crippen molar-refractivity contribution >= 4 is 5.91 Å². The largest absolute Gasteiger partial charge is 0.493 e. The molecular formula is C18H24N4O2. The van der Waals surface area contributed by atoms with Crippen molar-refractivity contribution in [3.8, 4) is 5.75 Å². The molecule has 0 spiro atoms. The molecular weight excluding hydrogens is 304 g/mol. The minimum absolute atomic E-state index is 0.00960. The molecule has 0 saturated carbocycles. The average molecular weight is 328 g/mol. The van der Waals surface area contributed by atoms with Gasteiger partial charge < -0.3 is 9.64 Å². The molecule has 0 unspecified atom stereocenters. The third-order valence-corrected chi connectivity index (χ3v) is 4.64. The van der Waals surface area contributed by atoms with Gasteiger partial charge in [0.15, 0.2) is 0 Å². The average Bonchev–Trinajstić information content (AvgIpc) is 3.12. The van der Waals surface area contributed by atoms with Crippen molar-refractivity contribution in [1.29, 1.82) is 0 Å². The van der Waals surface area contributed by atoms with E-state index in [4.69, 9.17) is 4.74 Å². The molecule has 1 aliphatic heterocycles. The number of ether oxygens (including phenoxy) is 1. The van der Waals surface area contributed by atoms with Crippen molar-refractivity contribution < 1.29 is 9.53 Å². The Hall–Kier alpha value is -2.37. The Balaban J connectivity index is 1.56. The summed E-state index contributed by atoms with van der Waals surface area (Å²) in [6.07, 6.45) is 4.94. The lowest BCUT2D eigenvalue weighted by Crippen LogP contribution is -2.39. The van der Waals surface area contributed by atoms with Gasteiger partial charge in [0.25, 0.3) is 0 Å². The van der Waals surface area contributed by atoms with Crippen LogP contribution in [0.1, 0.15) is 48.7 Å². The first-order valence-corrected chi connectivity index (χ1v) is 8.50. The van der Waals surface area contributed by atoms with Gasteiger partial charge in [-0.1, -0.05) is 6.07 Å². The predicted molar refractivity (Wildman–Crippen MR) is 90.7 cm³/mol. The summed E-state index contributed by atoms with van der Waals surface area (Å²) in [4.78, 5) is 18.7. The molecule has 1 saturated heterocycles. The number of benzene rings is 1. The van der Waals surface area contributed by atoms with Gasteiger partial charge in [-0.05, 0) is 56.4 Å². The molecule has 6 heteroatoms. The van der Waals surface area contributed by atoms with E-state index in [1.165, 1.54) is 17.5 Å². The van der Waals surface area contributed by atoms with E-state index in [0.29, 0.717) is 13.0 Å². The molecule has 1 aromatic carbocycles. The smallest absolute Gasteiger partial charge is 0.226 e. The van der Waals surface area contributed by atoms with Crippen LogP contribution in [0.3, 0.4) is 0 Å². The van der Waals surface area contributed by atoms with Gasteiger partial charge in [-0.15, -0.1) is 0 Å². The number of carbonyl (C=O) groups excluding carboxylic acids is 1. The highest BCUT2D eigenvalue weighted by molar-refractivity contribution is 5.76. The van der Waals surface area contributed by atoms with Crippen molar-refractivity contribution in [3.63, 3.8) is 0 Å². The number of nitrogens with zero attached hydrogens (tertiary/aromatic N) is 3. The molecule has 0 bridgehead atoms. The Morgan fingerprint density at radius 2 is 2.21 bits per heavy atom. The van der Waals surface area contributed by atoms with Crippen LogP contribution in [0.5, 0.6) is 5.75 Å². The minimum atomic E-state index is 0.00960. The Bertz CT molecular complexity index is 684. The van der Waals surface area contributed by atoms with Crippen molar-refractivity contribution in [3.05, 3.63) is 41.5 Å². The summed E-state index contributed by atoms with van der Waals surface area (Å²) in [5, 5.41) is 6.81. The summed E-state index contributed by atoms with van der Waals surface area (Å²) < 4.78 is 5.75. The topological polar surface area (TPSA) is 71.1 Å². The van der Waals surface area contributed by atoms with Crippen LogP contribution in [0.2, 0.25) is 0 Å². The number of aromatic nitrogens is 3. The third-order valence-electron chi connectivity index (χ3n) is 4.64. The van der Waals surface area contributed by atoms with E-state index in [1.807, 2.05) is 23.1 Å². The number of piperidine rings is 1. The maximum absolute atomic E-state index is 12.6. The Morgan fingerprint density at radius 1 is 1.33 bits per heavy atom. The number of hydrogen-bond acceptors (Lipinski definition) is 4. The number of hydrogen-bond donors (Lipinski definition) is 1. The van der Waals surface area contributed by atoms with Gasteiger partial charge in [0, 0.05) is 6.54 Å². The molecule has 2 aromatic rings. The second-order valence-corrected chi connectivity index (χ2v) is 6.31. The van der Waals surface area contributed by atoms with Crippen molar-refractivity contribution in [2.24, 2.45) is 0 Å². The molecule has 24 heavy (non-hydrogen) atoms. The molecule has 1 atom stereocenters. The fraction of sp³-hybridized carbons (Fsp3) is 0.500. The van der Waals surface area contributed by atoms with E-state index >= 15 is 0 Å². The molecule has 1 fully saturated rings. The highest BCUT2D eigenvalue weighted by atomic mass is 16.5. The zero-order valence-corrected chi connectivity index (χ0v) is 14.3. The zero-order chi connectivity index (χ0) is 16.9. The lowest BCUT2D eigenvalue weighted by Gasteiger charge is -2.34. The van der Waals surface area contributed by atoms with Crippen LogP contribution in [0.15, 0.2) is 24.5 Å². The first-order chi connectivity index (χ1) is 11.6. The highest BCUT2D eigenvalue weighted by Crippen LogP contribution is 2.29. The van der Waals surface area contributed by atoms with E-state index in [9.17, 15) is 4.79 Å². The Morgan fingerprint density at radius 3 is 2.96 bits per heavy atom.